The number of aliphatic hydroxyl groups is 1. The maximum Gasteiger partial charge on any atom is 0.241 e. The van der Waals surface area contributed by atoms with E-state index >= 15 is 0 Å². The molecule has 2 rings (SSSR count). The molecule has 19 heavy (non-hydrogen) atoms. The highest BCUT2D eigenvalue weighted by atomic mass is 32.2. The van der Waals surface area contributed by atoms with Crippen LogP contribution in [0.3, 0.4) is 0 Å². The maximum atomic E-state index is 13.2. The second-order valence-electron chi connectivity index (χ2n) is 4.45. The van der Waals surface area contributed by atoms with E-state index in [1.165, 1.54) is 6.07 Å². The second-order valence-corrected chi connectivity index (χ2v) is 7.28. The summed E-state index contributed by atoms with van der Waals surface area (Å²) in [6.07, 6.45) is 1.75. The molecule has 1 atom stereocenters. The normalized spacial score (nSPS) is 20.4. The number of hydrogen-bond acceptors (Lipinski definition) is 4. The van der Waals surface area contributed by atoms with Crippen molar-refractivity contribution in [3.8, 4) is 0 Å². The molecule has 1 aromatic rings. The summed E-state index contributed by atoms with van der Waals surface area (Å²) in [4.78, 5) is -0.175. The Kier molecular flexibility index (Phi) is 4.83. The minimum atomic E-state index is -3.79. The lowest BCUT2D eigenvalue weighted by Crippen LogP contribution is -2.38. The summed E-state index contributed by atoms with van der Waals surface area (Å²) in [6.45, 7) is -0.435. The largest absolute Gasteiger partial charge is 0.392 e. The number of rotatable bonds is 4. The van der Waals surface area contributed by atoms with Crippen LogP contribution in [-0.2, 0) is 16.6 Å². The van der Waals surface area contributed by atoms with Gasteiger partial charge in [0.25, 0.3) is 0 Å². The summed E-state index contributed by atoms with van der Waals surface area (Å²) < 4.78 is 40.3. The summed E-state index contributed by atoms with van der Waals surface area (Å²) in [7, 11) is -3.79. The molecule has 4 nitrogen and oxygen atoms in total. The van der Waals surface area contributed by atoms with Crippen LogP contribution < -0.4 is 4.72 Å². The van der Waals surface area contributed by atoms with Gasteiger partial charge in [0, 0.05) is 11.8 Å². The van der Waals surface area contributed by atoms with Gasteiger partial charge in [0.15, 0.2) is 0 Å². The fourth-order valence-corrected chi connectivity index (χ4v) is 4.72. The van der Waals surface area contributed by atoms with Crippen LogP contribution in [0.4, 0.5) is 4.39 Å². The van der Waals surface area contributed by atoms with Crippen LogP contribution in [0.25, 0.3) is 0 Å². The minimum absolute atomic E-state index is 0.126. The third-order valence-electron chi connectivity index (χ3n) is 2.97. The van der Waals surface area contributed by atoms with Crippen molar-refractivity contribution in [2.24, 2.45) is 0 Å². The zero-order chi connectivity index (χ0) is 13.9. The molecule has 1 aromatic carbocycles. The molecule has 1 fully saturated rings. The van der Waals surface area contributed by atoms with Gasteiger partial charge in [-0.25, -0.2) is 17.5 Å². The van der Waals surface area contributed by atoms with Gasteiger partial charge in [0.2, 0.25) is 10.0 Å². The second kappa shape index (κ2) is 6.21. The molecule has 7 heteroatoms. The predicted molar refractivity (Wildman–Crippen MR) is 73.0 cm³/mol. The topological polar surface area (TPSA) is 66.4 Å². The van der Waals surface area contributed by atoms with E-state index in [4.69, 9.17) is 5.11 Å². The first kappa shape index (κ1) is 14.8. The van der Waals surface area contributed by atoms with Gasteiger partial charge in [-0.2, -0.15) is 11.8 Å². The predicted octanol–water partition coefficient (Wildman–Crippen LogP) is 1.49. The van der Waals surface area contributed by atoms with Gasteiger partial charge >= 0.3 is 0 Å². The molecule has 1 unspecified atom stereocenters. The third kappa shape index (κ3) is 3.68. The maximum absolute atomic E-state index is 13.2. The Hall–Kier alpha value is -0.630. The van der Waals surface area contributed by atoms with E-state index in [-0.39, 0.29) is 16.5 Å². The Morgan fingerprint density at radius 2 is 2.26 bits per heavy atom. The Balaban J connectivity index is 2.25. The van der Waals surface area contributed by atoms with Gasteiger partial charge in [-0.05, 0) is 36.3 Å². The molecule has 0 bridgehead atoms. The summed E-state index contributed by atoms with van der Waals surface area (Å²) >= 11 is 1.70. The van der Waals surface area contributed by atoms with Crippen LogP contribution in [0.2, 0.25) is 0 Å². The van der Waals surface area contributed by atoms with Crippen molar-refractivity contribution in [2.75, 3.05) is 11.5 Å². The first-order valence-corrected chi connectivity index (χ1v) is 8.66. The molecular weight excluding hydrogens is 289 g/mol. The monoisotopic (exact) mass is 305 g/mol. The molecule has 1 heterocycles. The fraction of sp³-hybridized carbons (Fsp3) is 0.500. The molecule has 0 saturated carbocycles. The van der Waals surface area contributed by atoms with Gasteiger partial charge in [-0.1, -0.05) is 6.07 Å². The van der Waals surface area contributed by atoms with Crippen molar-refractivity contribution >= 4 is 21.8 Å². The molecule has 106 valence electrons. The smallest absolute Gasteiger partial charge is 0.241 e. The molecule has 2 N–H and O–H groups in total. The molecule has 0 amide bonds. The van der Waals surface area contributed by atoms with E-state index in [0.29, 0.717) is 0 Å². The van der Waals surface area contributed by atoms with Gasteiger partial charge in [-0.3, -0.25) is 0 Å². The molecule has 0 aliphatic carbocycles. The van der Waals surface area contributed by atoms with Crippen LogP contribution in [-0.4, -0.2) is 31.1 Å². The molecule has 0 spiro atoms. The number of hydrogen-bond donors (Lipinski definition) is 2. The van der Waals surface area contributed by atoms with Gasteiger partial charge in [0.1, 0.15) is 5.82 Å². The standard InChI is InChI=1S/C12H16FNO3S2/c13-10-4-3-9(7-15)12(6-10)19(16,17)14-11-2-1-5-18-8-11/h3-4,6,11,14-15H,1-2,5,7-8H2. The van der Waals surface area contributed by atoms with Crippen LogP contribution in [0.1, 0.15) is 18.4 Å². The molecule has 1 aliphatic heterocycles. The summed E-state index contributed by atoms with van der Waals surface area (Å²) in [5.41, 5.74) is 0.206. The highest BCUT2D eigenvalue weighted by molar-refractivity contribution is 7.99. The summed E-state index contributed by atoms with van der Waals surface area (Å²) in [5.74, 6) is 1.14. The van der Waals surface area contributed by atoms with Crippen molar-refractivity contribution in [1.29, 1.82) is 0 Å². The van der Waals surface area contributed by atoms with E-state index in [0.717, 1.165) is 36.5 Å². The third-order valence-corrected chi connectivity index (χ3v) is 5.79. The van der Waals surface area contributed by atoms with Gasteiger partial charge < -0.3 is 5.11 Å². The van der Waals surface area contributed by atoms with Crippen LogP contribution in [0.5, 0.6) is 0 Å². The minimum Gasteiger partial charge on any atom is -0.392 e. The average Bonchev–Trinajstić information content (AvgIpc) is 2.39. The average molecular weight is 305 g/mol. The molecule has 0 radical (unpaired) electrons. The number of aliphatic hydroxyl groups excluding tert-OH is 1. The molecule has 0 aromatic heterocycles. The Morgan fingerprint density at radius 3 is 2.89 bits per heavy atom. The number of nitrogens with one attached hydrogen (secondary N) is 1. The van der Waals surface area contributed by atoms with E-state index in [1.807, 2.05) is 0 Å². The van der Waals surface area contributed by atoms with E-state index in [9.17, 15) is 12.8 Å². The summed E-state index contributed by atoms with van der Waals surface area (Å²) in [5, 5.41) is 9.16. The van der Waals surface area contributed by atoms with Crippen molar-refractivity contribution in [3.63, 3.8) is 0 Å². The first-order chi connectivity index (χ1) is 9.03. The van der Waals surface area contributed by atoms with E-state index in [1.54, 1.807) is 11.8 Å². The highest BCUT2D eigenvalue weighted by Crippen LogP contribution is 2.21. The van der Waals surface area contributed by atoms with Crippen molar-refractivity contribution < 1.29 is 17.9 Å². The van der Waals surface area contributed by atoms with Gasteiger partial charge in [0.05, 0.1) is 11.5 Å². The number of benzene rings is 1. The number of sulfonamides is 1. The number of thioether (sulfide) groups is 1. The van der Waals surface area contributed by atoms with E-state index < -0.39 is 22.4 Å². The zero-order valence-corrected chi connectivity index (χ0v) is 11.9. The quantitative estimate of drug-likeness (QED) is 0.884. The SMILES string of the molecule is O=S(=O)(NC1CCCSC1)c1cc(F)ccc1CO. The summed E-state index contributed by atoms with van der Waals surface area (Å²) in [6, 6.07) is 3.25. The first-order valence-electron chi connectivity index (χ1n) is 6.02. The van der Waals surface area contributed by atoms with Crippen LogP contribution in [0.15, 0.2) is 23.1 Å². The van der Waals surface area contributed by atoms with E-state index in [2.05, 4.69) is 4.72 Å². The van der Waals surface area contributed by atoms with Crippen LogP contribution in [0, 0.1) is 5.82 Å². The lowest BCUT2D eigenvalue weighted by atomic mass is 10.2. The molecule has 1 aliphatic rings. The Bertz CT molecular complexity index is 542. The van der Waals surface area contributed by atoms with Crippen molar-refractivity contribution in [2.45, 2.75) is 30.4 Å². The van der Waals surface area contributed by atoms with Crippen molar-refractivity contribution in [3.05, 3.63) is 29.6 Å². The number of halogens is 1. The van der Waals surface area contributed by atoms with Gasteiger partial charge in [-0.15, -0.1) is 0 Å². The van der Waals surface area contributed by atoms with Crippen molar-refractivity contribution in [1.82, 2.24) is 4.72 Å². The highest BCUT2D eigenvalue weighted by Gasteiger charge is 2.24. The fourth-order valence-electron chi connectivity index (χ4n) is 2.03. The Labute approximate surface area is 116 Å². The van der Waals surface area contributed by atoms with Crippen LogP contribution >= 0.6 is 11.8 Å². The lowest BCUT2D eigenvalue weighted by Gasteiger charge is -2.22. The molecule has 1 saturated heterocycles. The molecular formula is C12H16FNO3S2. The lowest BCUT2D eigenvalue weighted by molar-refractivity contribution is 0.278. The zero-order valence-electron chi connectivity index (χ0n) is 10.3. The Morgan fingerprint density at radius 1 is 1.47 bits per heavy atom.